The van der Waals surface area contributed by atoms with E-state index >= 15 is 0 Å². The van der Waals surface area contributed by atoms with Gasteiger partial charge >= 0.3 is 5.97 Å². The second-order valence-corrected chi connectivity index (χ2v) is 5.75. The predicted octanol–water partition coefficient (Wildman–Crippen LogP) is 4.21. The van der Waals surface area contributed by atoms with Crippen LogP contribution >= 0.6 is 0 Å². The molecule has 0 fully saturated rings. The summed E-state index contributed by atoms with van der Waals surface area (Å²) in [6.07, 6.45) is 0. The Balaban J connectivity index is 1.58. The van der Waals surface area contributed by atoms with Crippen LogP contribution in [0.1, 0.15) is 21.5 Å². The number of para-hydroxylation sites is 1. The highest BCUT2D eigenvalue weighted by molar-refractivity contribution is 6.09. The highest BCUT2D eigenvalue weighted by atomic mass is 16.6. The van der Waals surface area contributed by atoms with Gasteiger partial charge in [0.2, 0.25) is 0 Å². The molecule has 0 aliphatic heterocycles. The molecule has 0 amide bonds. The van der Waals surface area contributed by atoms with Crippen LogP contribution in [-0.4, -0.2) is 18.4 Å². The highest BCUT2D eigenvalue weighted by Crippen LogP contribution is 2.18. The lowest BCUT2D eigenvalue weighted by Crippen LogP contribution is -2.18. The molecule has 0 radical (unpaired) electrons. The topological polar surface area (TPSA) is 52.6 Å². The average Bonchev–Trinajstić information content (AvgIpc) is 2.68. The number of benzene rings is 3. The van der Waals surface area contributed by atoms with Crippen LogP contribution in [0, 0.1) is 6.92 Å². The van der Waals surface area contributed by atoms with Crippen LogP contribution in [0.15, 0.2) is 78.9 Å². The third-order valence-corrected chi connectivity index (χ3v) is 3.82. The molecule has 4 nitrogen and oxygen atoms in total. The van der Waals surface area contributed by atoms with Gasteiger partial charge in [-0.1, -0.05) is 48.5 Å². The minimum absolute atomic E-state index is 0.0774. The minimum Gasteiger partial charge on any atom is -0.482 e. The zero-order chi connectivity index (χ0) is 18.4. The van der Waals surface area contributed by atoms with Crippen molar-refractivity contribution >= 4 is 11.8 Å². The van der Waals surface area contributed by atoms with Crippen LogP contribution in [-0.2, 0) is 4.79 Å². The SMILES string of the molecule is Cc1ccccc1OCC(=O)Oc1ccc(C(=O)c2ccccc2)cc1. The smallest absolute Gasteiger partial charge is 0.349 e. The van der Waals surface area contributed by atoms with Gasteiger partial charge in [-0.2, -0.15) is 0 Å². The Morgan fingerprint density at radius 1 is 0.769 bits per heavy atom. The first-order valence-corrected chi connectivity index (χ1v) is 8.22. The van der Waals surface area contributed by atoms with Gasteiger partial charge in [-0.25, -0.2) is 4.79 Å². The van der Waals surface area contributed by atoms with Crippen molar-refractivity contribution in [3.63, 3.8) is 0 Å². The Bertz CT molecular complexity index is 899. The lowest BCUT2D eigenvalue weighted by molar-refractivity contribution is -0.136. The molecule has 3 rings (SSSR count). The monoisotopic (exact) mass is 346 g/mol. The molecule has 0 spiro atoms. The molecule has 130 valence electrons. The molecule has 0 aliphatic rings. The molecule has 0 heterocycles. The van der Waals surface area contributed by atoms with E-state index in [1.807, 2.05) is 43.3 Å². The maximum atomic E-state index is 12.3. The molecular formula is C22H18O4. The van der Waals surface area contributed by atoms with Gasteiger partial charge in [-0.15, -0.1) is 0 Å². The van der Waals surface area contributed by atoms with E-state index in [9.17, 15) is 9.59 Å². The molecule has 0 atom stereocenters. The van der Waals surface area contributed by atoms with Gasteiger partial charge in [0.05, 0.1) is 0 Å². The van der Waals surface area contributed by atoms with Crippen LogP contribution in [0.3, 0.4) is 0 Å². The van der Waals surface area contributed by atoms with E-state index in [0.29, 0.717) is 22.6 Å². The summed E-state index contributed by atoms with van der Waals surface area (Å²) in [5.41, 5.74) is 2.10. The van der Waals surface area contributed by atoms with Gasteiger partial charge in [0.1, 0.15) is 11.5 Å². The van der Waals surface area contributed by atoms with E-state index in [4.69, 9.17) is 9.47 Å². The number of ketones is 1. The van der Waals surface area contributed by atoms with Crippen molar-refractivity contribution in [2.75, 3.05) is 6.61 Å². The van der Waals surface area contributed by atoms with Crippen LogP contribution in [0.25, 0.3) is 0 Å². The zero-order valence-corrected chi connectivity index (χ0v) is 14.3. The maximum absolute atomic E-state index is 12.3. The van der Waals surface area contributed by atoms with Gasteiger partial charge in [-0.3, -0.25) is 4.79 Å². The highest BCUT2D eigenvalue weighted by Gasteiger charge is 2.10. The number of carbonyl (C=O) groups excluding carboxylic acids is 2. The minimum atomic E-state index is -0.504. The number of rotatable bonds is 6. The Morgan fingerprint density at radius 2 is 1.38 bits per heavy atom. The quantitative estimate of drug-likeness (QED) is 0.381. The number of carbonyl (C=O) groups is 2. The summed E-state index contributed by atoms with van der Waals surface area (Å²) in [6.45, 7) is 1.72. The molecule has 4 heteroatoms. The molecule has 0 saturated heterocycles. The Labute approximate surface area is 152 Å². The van der Waals surface area contributed by atoms with Gasteiger partial charge < -0.3 is 9.47 Å². The number of aryl methyl sites for hydroxylation is 1. The lowest BCUT2D eigenvalue weighted by atomic mass is 10.0. The van der Waals surface area contributed by atoms with Crippen molar-refractivity contribution in [1.82, 2.24) is 0 Å². The summed E-state index contributed by atoms with van der Waals surface area (Å²) in [5.74, 6) is 0.433. The van der Waals surface area contributed by atoms with Crippen LogP contribution in [0.4, 0.5) is 0 Å². The van der Waals surface area contributed by atoms with Gasteiger partial charge in [0.15, 0.2) is 12.4 Å². The molecule has 26 heavy (non-hydrogen) atoms. The first-order valence-electron chi connectivity index (χ1n) is 8.22. The summed E-state index contributed by atoms with van der Waals surface area (Å²) in [7, 11) is 0. The molecule has 3 aromatic rings. The third-order valence-electron chi connectivity index (χ3n) is 3.82. The average molecular weight is 346 g/mol. The molecular weight excluding hydrogens is 328 g/mol. The van der Waals surface area contributed by atoms with E-state index in [0.717, 1.165) is 5.56 Å². The second kappa shape index (κ2) is 8.12. The van der Waals surface area contributed by atoms with E-state index in [1.165, 1.54) is 0 Å². The lowest BCUT2D eigenvalue weighted by Gasteiger charge is -2.09. The van der Waals surface area contributed by atoms with Gasteiger partial charge in [0.25, 0.3) is 0 Å². The van der Waals surface area contributed by atoms with Crippen molar-refractivity contribution in [2.45, 2.75) is 6.92 Å². The van der Waals surface area contributed by atoms with E-state index < -0.39 is 5.97 Å². The first-order chi connectivity index (χ1) is 12.6. The normalized spacial score (nSPS) is 10.2. The molecule has 0 aromatic heterocycles. The van der Waals surface area contributed by atoms with E-state index in [-0.39, 0.29) is 12.4 Å². The van der Waals surface area contributed by atoms with Crippen molar-refractivity contribution in [3.05, 3.63) is 95.6 Å². The molecule has 0 unspecified atom stereocenters. The summed E-state index contributed by atoms with van der Waals surface area (Å²) in [5, 5.41) is 0. The number of hydrogen-bond donors (Lipinski definition) is 0. The summed E-state index contributed by atoms with van der Waals surface area (Å²) in [4.78, 5) is 24.3. The van der Waals surface area contributed by atoms with Crippen LogP contribution in [0.5, 0.6) is 11.5 Å². The Kier molecular flexibility index (Phi) is 5.44. The predicted molar refractivity (Wildman–Crippen MR) is 98.6 cm³/mol. The summed E-state index contributed by atoms with van der Waals surface area (Å²) >= 11 is 0. The standard InChI is InChI=1S/C22H18O4/c1-16-7-5-6-10-20(16)25-15-21(23)26-19-13-11-18(12-14-19)22(24)17-8-3-2-4-9-17/h2-14H,15H2,1H3. The zero-order valence-electron chi connectivity index (χ0n) is 14.3. The molecule has 0 aliphatic carbocycles. The molecule has 0 saturated carbocycles. The van der Waals surface area contributed by atoms with Crippen molar-refractivity contribution < 1.29 is 19.1 Å². The van der Waals surface area contributed by atoms with E-state index in [2.05, 4.69) is 0 Å². The van der Waals surface area contributed by atoms with E-state index in [1.54, 1.807) is 42.5 Å². The Morgan fingerprint density at radius 3 is 2.08 bits per heavy atom. The molecule has 3 aromatic carbocycles. The van der Waals surface area contributed by atoms with Crippen molar-refractivity contribution in [2.24, 2.45) is 0 Å². The fraction of sp³-hybridized carbons (Fsp3) is 0.0909. The number of ether oxygens (including phenoxy) is 2. The van der Waals surface area contributed by atoms with Crippen LogP contribution in [0.2, 0.25) is 0 Å². The fourth-order valence-corrected chi connectivity index (χ4v) is 2.45. The number of esters is 1. The van der Waals surface area contributed by atoms with Crippen molar-refractivity contribution in [1.29, 1.82) is 0 Å². The first kappa shape index (κ1) is 17.4. The Hall–Kier alpha value is -3.40. The molecule has 0 bridgehead atoms. The number of hydrogen-bond acceptors (Lipinski definition) is 4. The maximum Gasteiger partial charge on any atom is 0.349 e. The second-order valence-electron chi connectivity index (χ2n) is 5.75. The summed E-state index contributed by atoms with van der Waals surface area (Å²) < 4.78 is 10.7. The van der Waals surface area contributed by atoms with Gasteiger partial charge in [-0.05, 0) is 42.8 Å². The largest absolute Gasteiger partial charge is 0.482 e. The van der Waals surface area contributed by atoms with Crippen molar-refractivity contribution in [3.8, 4) is 11.5 Å². The van der Waals surface area contributed by atoms with Gasteiger partial charge in [0, 0.05) is 11.1 Å². The fourth-order valence-electron chi connectivity index (χ4n) is 2.45. The van der Waals surface area contributed by atoms with Crippen LogP contribution < -0.4 is 9.47 Å². The summed E-state index contributed by atoms with van der Waals surface area (Å²) in [6, 6.07) is 22.9. The third kappa shape index (κ3) is 4.36. The molecule has 0 N–H and O–H groups in total.